The zero-order valence-electron chi connectivity index (χ0n) is 16.4. The molecule has 0 saturated carbocycles. The molecule has 1 unspecified atom stereocenters. The zero-order chi connectivity index (χ0) is 19.6. The number of benzene rings is 1. The average Bonchev–Trinajstić information content (AvgIpc) is 3.13. The Kier molecular flexibility index (Phi) is 5.63. The number of amides is 2. The van der Waals surface area contributed by atoms with Crippen molar-refractivity contribution in [2.45, 2.75) is 59.0 Å². The monoisotopic (exact) mass is 369 g/mol. The molecule has 0 radical (unpaired) electrons. The third kappa shape index (κ3) is 4.21. The summed E-state index contributed by atoms with van der Waals surface area (Å²) in [5.74, 6) is 0.204. The number of piperidine rings is 1. The highest BCUT2D eigenvalue weighted by Gasteiger charge is 2.34. The molecule has 1 aliphatic rings. The van der Waals surface area contributed by atoms with Gasteiger partial charge in [0, 0.05) is 24.2 Å². The SMILES string of the molecule is Cc1ccc(-c2cc(C(=O)N3CCCCC3C(=O)NC(C)C)no2)cc1C. The van der Waals surface area contributed by atoms with Gasteiger partial charge in [0.15, 0.2) is 11.5 Å². The second-order valence-electron chi connectivity index (χ2n) is 7.55. The summed E-state index contributed by atoms with van der Waals surface area (Å²) in [4.78, 5) is 27.1. The Morgan fingerprint density at radius 3 is 2.67 bits per heavy atom. The molecule has 6 nitrogen and oxygen atoms in total. The van der Waals surface area contributed by atoms with Crippen LogP contribution in [0.25, 0.3) is 11.3 Å². The molecule has 1 atom stereocenters. The van der Waals surface area contributed by atoms with Gasteiger partial charge >= 0.3 is 0 Å². The largest absolute Gasteiger partial charge is 0.355 e. The third-order valence-corrected chi connectivity index (χ3v) is 5.02. The summed E-state index contributed by atoms with van der Waals surface area (Å²) < 4.78 is 5.42. The minimum atomic E-state index is -0.449. The standard InChI is InChI=1S/C21H27N3O3/c1-13(2)22-20(25)18-7-5-6-10-24(18)21(26)17-12-19(27-23-17)16-9-8-14(3)15(4)11-16/h8-9,11-13,18H,5-7,10H2,1-4H3,(H,22,25). The highest BCUT2D eigenvalue weighted by atomic mass is 16.5. The van der Waals surface area contributed by atoms with E-state index in [2.05, 4.69) is 10.5 Å². The van der Waals surface area contributed by atoms with Crippen LogP contribution in [-0.4, -0.2) is 40.5 Å². The summed E-state index contributed by atoms with van der Waals surface area (Å²) in [6, 6.07) is 7.25. The van der Waals surface area contributed by atoms with Crippen LogP contribution in [0.3, 0.4) is 0 Å². The van der Waals surface area contributed by atoms with Crippen molar-refractivity contribution in [1.29, 1.82) is 0 Å². The van der Waals surface area contributed by atoms with Crippen LogP contribution in [0, 0.1) is 13.8 Å². The van der Waals surface area contributed by atoms with Gasteiger partial charge in [-0.25, -0.2) is 0 Å². The molecular formula is C21H27N3O3. The van der Waals surface area contributed by atoms with E-state index in [1.165, 1.54) is 5.56 Å². The van der Waals surface area contributed by atoms with Crippen LogP contribution in [0.4, 0.5) is 0 Å². The topological polar surface area (TPSA) is 75.4 Å². The van der Waals surface area contributed by atoms with Crippen LogP contribution >= 0.6 is 0 Å². The lowest BCUT2D eigenvalue weighted by Gasteiger charge is -2.34. The molecule has 1 fully saturated rings. The maximum absolute atomic E-state index is 13.0. The van der Waals surface area contributed by atoms with Crippen LogP contribution in [0.1, 0.15) is 54.7 Å². The first-order chi connectivity index (χ1) is 12.9. The van der Waals surface area contributed by atoms with Gasteiger partial charge in [-0.3, -0.25) is 9.59 Å². The summed E-state index contributed by atoms with van der Waals surface area (Å²) in [7, 11) is 0. The van der Waals surface area contributed by atoms with E-state index in [-0.39, 0.29) is 23.6 Å². The average molecular weight is 369 g/mol. The highest BCUT2D eigenvalue weighted by molar-refractivity contribution is 5.97. The van der Waals surface area contributed by atoms with Crippen LogP contribution in [0.2, 0.25) is 0 Å². The van der Waals surface area contributed by atoms with Crippen molar-refractivity contribution in [2.75, 3.05) is 6.54 Å². The van der Waals surface area contributed by atoms with Crippen LogP contribution in [-0.2, 0) is 4.79 Å². The number of aromatic nitrogens is 1. The number of carbonyl (C=O) groups is 2. The maximum atomic E-state index is 13.0. The Hall–Kier alpha value is -2.63. The molecule has 1 aromatic heterocycles. The lowest BCUT2D eigenvalue weighted by molar-refractivity contribution is -0.127. The number of nitrogens with one attached hydrogen (secondary N) is 1. The van der Waals surface area contributed by atoms with Crippen molar-refractivity contribution in [2.24, 2.45) is 0 Å². The molecule has 3 rings (SSSR count). The van der Waals surface area contributed by atoms with E-state index in [1.54, 1.807) is 11.0 Å². The Bertz CT molecular complexity index is 841. The molecule has 1 saturated heterocycles. The molecule has 2 amide bonds. The van der Waals surface area contributed by atoms with Gasteiger partial charge in [-0.15, -0.1) is 0 Å². The summed E-state index contributed by atoms with van der Waals surface area (Å²) in [5.41, 5.74) is 3.48. The quantitative estimate of drug-likeness (QED) is 0.895. The molecule has 1 aromatic carbocycles. The molecule has 2 aromatic rings. The summed E-state index contributed by atoms with van der Waals surface area (Å²) >= 11 is 0. The summed E-state index contributed by atoms with van der Waals surface area (Å²) in [6.45, 7) is 8.47. The van der Waals surface area contributed by atoms with Crippen molar-refractivity contribution >= 4 is 11.8 Å². The first-order valence-electron chi connectivity index (χ1n) is 9.52. The molecular weight excluding hydrogens is 342 g/mol. The van der Waals surface area contributed by atoms with Crippen LogP contribution in [0.5, 0.6) is 0 Å². The summed E-state index contributed by atoms with van der Waals surface area (Å²) in [6.07, 6.45) is 2.50. The van der Waals surface area contributed by atoms with E-state index in [9.17, 15) is 9.59 Å². The van der Waals surface area contributed by atoms with Gasteiger partial charge in [0.25, 0.3) is 5.91 Å². The molecule has 27 heavy (non-hydrogen) atoms. The minimum Gasteiger partial charge on any atom is -0.355 e. The van der Waals surface area contributed by atoms with Crippen molar-refractivity contribution in [3.63, 3.8) is 0 Å². The molecule has 0 bridgehead atoms. The number of likely N-dealkylation sites (tertiary alicyclic amines) is 1. The Morgan fingerprint density at radius 2 is 1.96 bits per heavy atom. The number of hydrogen-bond donors (Lipinski definition) is 1. The fourth-order valence-corrected chi connectivity index (χ4v) is 3.38. The zero-order valence-corrected chi connectivity index (χ0v) is 16.4. The molecule has 144 valence electrons. The van der Waals surface area contributed by atoms with Gasteiger partial charge in [-0.05, 0) is 64.2 Å². The molecule has 2 heterocycles. The second kappa shape index (κ2) is 7.94. The van der Waals surface area contributed by atoms with Crippen molar-refractivity contribution in [3.8, 4) is 11.3 Å². The predicted molar refractivity (Wildman–Crippen MR) is 103 cm³/mol. The second-order valence-corrected chi connectivity index (χ2v) is 7.55. The number of aryl methyl sites for hydroxylation is 2. The number of rotatable bonds is 4. The van der Waals surface area contributed by atoms with E-state index >= 15 is 0 Å². The molecule has 0 aliphatic carbocycles. The van der Waals surface area contributed by atoms with E-state index in [0.29, 0.717) is 18.7 Å². The lowest BCUT2D eigenvalue weighted by atomic mass is 10.0. The third-order valence-electron chi connectivity index (χ3n) is 5.02. The fourth-order valence-electron chi connectivity index (χ4n) is 3.38. The van der Waals surface area contributed by atoms with Gasteiger partial charge in [0.2, 0.25) is 5.91 Å². The van der Waals surface area contributed by atoms with Crippen molar-refractivity contribution in [1.82, 2.24) is 15.4 Å². The molecule has 6 heteroatoms. The predicted octanol–water partition coefficient (Wildman–Crippen LogP) is 3.48. The van der Waals surface area contributed by atoms with Crippen molar-refractivity contribution in [3.05, 3.63) is 41.1 Å². The number of nitrogens with zero attached hydrogens (tertiary/aromatic N) is 2. The Morgan fingerprint density at radius 1 is 1.19 bits per heavy atom. The van der Waals surface area contributed by atoms with Gasteiger partial charge in [0.05, 0.1) is 0 Å². The number of carbonyl (C=O) groups excluding carboxylic acids is 2. The van der Waals surface area contributed by atoms with Gasteiger partial charge in [-0.2, -0.15) is 0 Å². The van der Waals surface area contributed by atoms with E-state index in [0.717, 1.165) is 24.0 Å². The Balaban J connectivity index is 1.81. The first kappa shape index (κ1) is 19.1. The van der Waals surface area contributed by atoms with Crippen molar-refractivity contribution < 1.29 is 14.1 Å². The normalized spacial score (nSPS) is 17.2. The van der Waals surface area contributed by atoms with Crippen LogP contribution in [0.15, 0.2) is 28.8 Å². The van der Waals surface area contributed by atoms with Crippen LogP contribution < -0.4 is 5.32 Å². The lowest BCUT2D eigenvalue weighted by Crippen LogP contribution is -2.53. The highest BCUT2D eigenvalue weighted by Crippen LogP contribution is 2.25. The smallest absolute Gasteiger partial charge is 0.276 e. The number of hydrogen-bond acceptors (Lipinski definition) is 4. The minimum absolute atomic E-state index is 0.0415. The molecule has 0 spiro atoms. The Labute approximate surface area is 159 Å². The molecule has 1 N–H and O–H groups in total. The van der Waals surface area contributed by atoms with E-state index < -0.39 is 6.04 Å². The van der Waals surface area contributed by atoms with E-state index in [4.69, 9.17) is 4.52 Å². The fraction of sp³-hybridized carbons (Fsp3) is 0.476. The van der Waals surface area contributed by atoms with Gasteiger partial charge in [0.1, 0.15) is 6.04 Å². The van der Waals surface area contributed by atoms with E-state index in [1.807, 2.05) is 45.9 Å². The summed E-state index contributed by atoms with van der Waals surface area (Å²) in [5, 5.41) is 6.89. The van der Waals surface area contributed by atoms with Gasteiger partial charge < -0.3 is 14.7 Å². The van der Waals surface area contributed by atoms with Gasteiger partial charge in [-0.1, -0.05) is 17.3 Å². The molecule has 1 aliphatic heterocycles. The maximum Gasteiger partial charge on any atom is 0.276 e. The first-order valence-corrected chi connectivity index (χ1v) is 9.52.